The summed E-state index contributed by atoms with van der Waals surface area (Å²) in [6.07, 6.45) is 7.17. The molecule has 5 rings (SSSR count). The zero-order valence-electron chi connectivity index (χ0n) is 17.2. The third kappa shape index (κ3) is 4.20. The molecule has 4 fully saturated rings. The molecule has 0 atom stereocenters. The number of hydrogen-bond donors (Lipinski definition) is 2. The topological polar surface area (TPSA) is 84.5 Å². The number of amides is 2. The molecule has 1 aromatic heterocycles. The maximum Gasteiger partial charge on any atom is 0.341 e. The number of ether oxygens (including phenoxy) is 1. The predicted molar refractivity (Wildman–Crippen MR) is 112 cm³/mol. The third-order valence-corrected chi connectivity index (χ3v) is 7.73. The van der Waals surface area contributed by atoms with Crippen molar-refractivity contribution in [3.8, 4) is 0 Å². The molecule has 0 radical (unpaired) electrons. The highest BCUT2D eigenvalue weighted by Gasteiger charge is 2.54. The van der Waals surface area contributed by atoms with Crippen LogP contribution >= 0.6 is 11.3 Å². The van der Waals surface area contributed by atoms with Crippen LogP contribution in [0.1, 0.15) is 67.1 Å². The van der Waals surface area contributed by atoms with Gasteiger partial charge in [0.25, 0.3) is 0 Å². The zero-order chi connectivity index (χ0) is 20.6. The van der Waals surface area contributed by atoms with Crippen molar-refractivity contribution in [2.45, 2.75) is 58.8 Å². The number of aryl methyl sites for hydroxylation is 1. The largest absolute Gasteiger partial charge is 0.462 e. The molecule has 4 saturated carbocycles. The smallest absolute Gasteiger partial charge is 0.341 e. The van der Waals surface area contributed by atoms with Crippen molar-refractivity contribution >= 4 is 34.1 Å². The monoisotopic (exact) mass is 418 g/mol. The number of hydrogen-bond acceptors (Lipinski definition) is 5. The molecule has 29 heavy (non-hydrogen) atoms. The minimum absolute atomic E-state index is 0.142. The van der Waals surface area contributed by atoms with Crippen LogP contribution < -0.4 is 10.6 Å². The molecule has 6 nitrogen and oxygen atoms in total. The first-order valence-electron chi connectivity index (χ1n) is 10.7. The van der Waals surface area contributed by atoms with Crippen LogP contribution in [0.15, 0.2) is 6.07 Å². The Morgan fingerprint density at radius 3 is 2.34 bits per heavy atom. The first kappa shape index (κ1) is 20.4. The summed E-state index contributed by atoms with van der Waals surface area (Å²) in [5, 5.41) is 6.35. The Kier molecular flexibility index (Phi) is 5.69. The Hall–Kier alpha value is -1.89. The molecule has 4 bridgehead atoms. The fourth-order valence-electron chi connectivity index (χ4n) is 6.02. The predicted octanol–water partition coefficient (Wildman–Crippen LogP) is 3.89. The average molecular weight is 419 g/mol. The fourth-order valence-corrected chi connectivity index (χ4v) is 6.94. The number of esters is 1. The SMILES string of the molecule is CCOC(=O)c1cc(C)sc1NC(=O)CCNC(=O)C12CC3CC(CC(C3)C1)C2. The second-order valence-electron chi connectivity index (χ2n) is 9.07. The first-order chi connectivity index (χ1) is 13.9. The Bertz CT molecular complexity index is 780. The van der Waals surface area contributed by atoms with Crippen LogP contribution in [0.3, 0.4) is 0 Å². The van der Waals surface area contributed by atoms with Crippen molar-refractivity contribution in [1.29, 1.82) is 0 Å². The molecule has 2 amide bonds. The van der Waals surface area contributed by atoms with Crippen LogP contribution in [0.2, 0.25) is 0 Å². The van der Waals surface area contributed by atoms with E-state index in [1.165, 1.54) is 30.6 Å². The van der Waals surface area contributed by atoms with Gasteiger partial charge in [0.15, 0.2) is 0 Å². The minimum atomic E-state index is -0.428. The quantitative estimate of drug-likeness (QED) is 0.658. The van der Waals surface area contributed by atoms with Crippen LogP contribution in [-0.4, -0.2) is 30.9 Å². The van der Waals surface area contributed by atoms with Crippen LogP contribution in [0.5, 0.6) is 0 Å². The highest BCUT2D eigenvalue weighted by molar-refractivity contribution is 7.16. The molecule has 1 heterocycles. The van der Waals surface area contributed by atoms with Gasteiger partial charge in [-0.05, 0) is 76.2 Å². The summed E-state index contributed by atoms with van der Waals surface area (Å²) in [7, 11) is 0. The maximum atomic E-state index is 13.0. The molecule has 0 aliphatic heterocycles. The summed E-state index contributed by atoms with van der Waals surface area (Å²) in [5.41, 5.74) is 0.202. The van der Waals surface area contributed by atoms with Crippen LogP contribution in [0, 0.1) is 30.1 Å². The van der Waals surface area contributed by atoms with Crippen LogP contribution in [0.4, 0.5) is 5.00 Å². The van der Waals surface area contributed by atoms with E-state index in [4.69, 9.17) is 4.74 Å². The van der Waals surface area contributed by atoms with E-state index in [0.717, 1.165) is 41.9 Å². The van der Waals surface area contributed by atoms with E-state index in [2.05, 4.69) is 10.6 Å². The molecule has 0 unspecified atom stereocenters. The summed E-state index contributed by atoms with van der Waals surface area (Å²) in [5.74, 6) is 1.67. The van der Waals surface area contributed by atoms with Gasteiger partial charge in [-0.1, -0.05) is 0 Å². The number of carbonyl (C=O) groups is 3. The lowest BCUT2D eigenvalue weighted by Gasteiger charge is -2.55. The van der Waals surface area contributed by atoms with Crippen molar-refractivity contribution in [3.05, 3.63) is 16.5 Å². The maximum absolute atomic E-state index is 13.0. The van der Waals surface area contributed by atoms with Gasteiger partial charge in [-0.2, -0.15) is 0 Å². The van der Waals surface area contributed by atoms with Crippen molar-refractivity contribution in [3.63, 3.8) is 0 Å². The van der Waals surface area contributed by atoms with E-state index in [9.17, 15) is 14.4 Å². The van der Waals surface area contributed by atoms with E-state index in [1.54, 1.807) is 13.0 Å². The highest BCUT2D eigenvalue weighted by Crippen LogP contribution is 2.60. The van der Waals surface area contributed by atoms with E-state index in [-0.39, 0.29) is 30.3 Å². The first-order valence-corrected chi connectivity index (χ1v) is 11.6. The molecular formula is C22H30N2O4S. The van der Waals surface area contributed by atoms with E-state index in [1.807, 2.05) is 6.92 Å². The molecule has 7 heteroatoms. The minimum Gasteiger partial charge on any atom is -0.462 e. The summed E-state index contributed by atoms with van der Waals surface area (Å²) in [4.78, 5) is 38.3. The second-order valence-corrected chi connectivity index (χ2v) is 10.3. The molecular weight excluding hydrogens is 388 g/mol. The highest BCUT2D eigenvalue weighted by atomic mass is 32.1. The summed E-state index contributed by atoms with van der Waals surface area (Å²) >= 11 is 1.36. The number of nitrogens with one attached hydrogen (secondary N) is 2. The van der Waals surface area contributed by atoms with Gasteiger partial charge in [0.05, 0.1) is 12.2 Å². The number of rotatable bonds is 7. The summed E-state index contributed by atoms with van der Waals surface area (Å²) < 4.78 is 5.05. The van der Waals surface area contributed by atoms with Gasteiger partial charge >= 0.3 is 5.97 Å². The third-order valence-electron chi connectivity index (χ3n) is 6.76. The number of carbonyl (C=O) groups excluding carboxylic acids is 3. The molecule has 0 spiro atoms. The van der Waals surface area contributed by atoms with Gasteiger partial charge in [0.1, 0.15) is 5.00 Å². The Morgan fingerprint density at radius 2 is 1.76 bits per heavy atom. The molecule has 2 N–H and O–H groups in total. The lowest BCUT2D eigenvalue weighted by atomic mass is 9.49. The van der Waals surface area contributed by atoms with Crippen molar-refractivity contribution in [1.82, 2.24) is 5.32 Å². The molecule has 4 aliphatic rings. The van der Waals surface area contributed by atoms with Crippen LogP contribution in [-0.2, 0) is 14.3 Å². The van der Waals surface area contributed by atoms with Crippen LogP contribution in [0.25, 0.3) is 0 Å². The van der Waals surface area contributed by atoms with Gasteiger partial charge in [0.2, 0.25) is 11.8 Å². The van der Waals surface area contributed by atoms with E-state index < -0.39 is 5.97 Å². The lowest BCUT2D eigenvalue weighted by molar-refractivity contribution is -0.146. The second kappa shape index (κ2) is 8.09. The van der Waals surface area contributed by atoms with E-state index in [0.29, 0.717) is 17.1 Å². The Labute approximate surface area is 175 Å². The van der Waals surface area contributed by atoms with Gasteiger partial charge < -0.3 is 15.4 Å². The molecule has 1 aromatic rings. The van der Waals surface area contributed by atoms with Gasteiger partial charge in [-0.25, -0.2) is 4.79 Å². The molecule has 158 valence electrons. The zero-order valence-corrected chi connectivity index (χ0v) is 18.0. The lowest BCUT2D eigenvalue weighted by Crippen LogP contribution is -2.53. The summed E-state index contributed by atoms with van der Waals surface area (Å²) in [6, 6.07) is 1.73. The van der Waals surface area contributed by atoms with Gasteiger partial charge in [-0.15, -0.1) is 11.3 Å². The Balaban J connectivity index is 1.29. The van der Waals surface area contributed by atoms with E-state index >= 15 is 0 Å². The summed E-state index contributed by atoms with van der Waals surface area (Å²) in [6.45, 7) is 4.25. The standard InChI is InChI=1S/C22H30N2O4S/c1-3-28-20(26)17-6-13(2)29-19(17)24-18(25)4-5-23-21(27)22-10-14-7-15(11-22)9-16(8-14)12-22/h6,14-16H,3-5,7-12H2,1-2H3,(H,23,27)(H,24,25). The van der Waals surface area contributed by atoms with Gasteiger partial charge in [-0.3, -0.25) is 9.59 Å². The van der Waals surface area contributed by atoms with Crippen molar-refractivity contribution in [2.75, 3.05) is 18.5 Å². The molecule has 4 aliphatic carbocycles. The Morgan fingerprint density at radius 1 is 1.14 bits per heavy atom. The van der Waals surface area contributed by atoms with Crippen molar-refractivity contribution in [2.24, 2.45) is 23.2 Å². The molecule has 0 aromatic carbocycles. The molecule has 0 saturated heterocycles. The average Bonchev–Trinajstić information content (AvgIpc) is 3.01. The normalized spacial score (nSPS) is 29.5. The van der Waals surface area contributed by atoms with Crippen molar-refractivity contribution < 1.29 is 19.1 Å². The number of anilines is 1. The number of thiophene rings is 1. The van der Waals surface area contributed by atoms with Gasteiger partial charge in [0, 0.05) is 23.3 Å². The fraction of sp³-hybridized carbons (Fsp3) is 0.682.